The van der Waals surface area contributed by atoms with Crippen LogP contribution in [0.5, 0.6) is 0 Å². The smallest absolute Gasteiger partial charge is 0.222 e. The first-order valence-electron chi connectivity index (χ1n) is 6.88. The summed E-state index contributed by atoms with van der Waals surface area (Å²) in [6.07, 6.45) is 1.01. The van der Waals surface area contributed by atoms with E-state index in [0.29, 0.717) is 24.1 Å². The average molecular weight is 286 g/mol. The number of carbonyl (C=O) groups is 1. The van der Waals surface area contributed by atoms with E-state index in [2.05, 4.69) is 0 Å². The van der Waals surface area contributed by atoms with Gasteiger partial charge in [0, 0.05) is 31.3 Å². The highest BCUT2D eigenvalue weighted by Gasteiger charge is 2.11. The highest BCUT2D eigenvalue weighted by molar-refractivity contribution is 5.76. The fourth-order valence-electron chi connectivity index (χ4n) is 2.16. The molecule has 0 bridgehead atoms. The van der Waals surface area contributed by atoms with Gasteiger partial charge in [0.25, 0.3) is 0 Å². The summed E-state index contributed by atoms with van der Waals surface area (Å²) in [5, 5.41) is 0. The van der Waals surface area contributed by atoms with E-state index in [1.54, 1.807) is 30.1 Å². The Bertz CT molecular complexity index is 628. The van der Waals surface area contributed by atoms with Crippen molar-refractivity contribution in [3.63, 3.8) is 0 Å². The molecule has 2 rings (SSSR count). The van der Waals surface area contributed by atoms with Gasteiger partial charge in [0.1, 0.15) is 5.82 Å². The first-order chi connectivity index (χ1) is 10.1. The van der Waals surface area contributed by atoms with Gasteiger partial charge in [-0.1, -0.05) is 30.3 Å². The normalized spacial score (nSPS) is 10.4. The molecule has 0 saturated carbocycles. The third kappa shape index (κ3) is 4.31. The Morgan fingerprint density at radius 1 is 1.19 bits per heavy atom. The number of hydrogen-bond donors (Lipinski definition) is 1. The molecule has 2 aromatic carbocycles. The van der Waals surface area contributed by atoms with Gasteiger partial charge in [0.2, 0.25) is 5.91 Å². The Balaban J connectivity index is 1.90. The fourth-order valence-corrected chi connectivity index (χ4v) is 2.16. The van der Waals surface area contributed by atoms with Crippen LogP contribution < -0.4 is 5.73 Å². The Morgan fingerprint density at radius 3 is 2.67 bits per heavy atom. The number of nitrogens with two attached hydrogens (primary N) is 1. The van der Waals surface area contributed by atoms with E-state index >= 15 is 0 Å². The van der Waals surface area contributed by atoms with Crippen LogP contribution in [0.1, 0.15) is 17.5 Å². The predicted molar refractivity (Wildman–Crippen MR) is 82.0 cm³/mol. The molecule has 0 aliphatic heterocycles. The number of carbonyl (C=O) groups excluding carboxylic acids is 1. The van der Waals surface area contributed by atoms with Gasteiger partial charge in [-0.25, -0.2) is 4.39 Å². The summed E-state index contributed by atoms with van der Waals surface area (Å²) in [6.45, 7) is 0.280. The van der Waals surface area contributed by atoms with Gasteiger partial charge in [0.15, 0.2) is 0 Å². The van der Waals surface area contributed by atoms with E-state index in [-0.39, 0.29) is 18.3 Å². The molecule has 0 fully saturated rings. The molecule has 3 nitrogen and oxygen atoms in total. The molecule has 4 heteroatoms. The molecular weight excluding hydrogens is 267 g/mol. The highest BCUT2D eigenvalue weighted by Crippen LogP contribution is 2.12. The van der Waals surface area contributed by atoms with Crippen molar-refractivity contribution in [2.24, 2.45) is 0 Å². The van der Waals surface area contributed by atoms with E-state index in [0.717, 1.165) is 5.56 Å². The lowest BCUT2D eigenvalue weighted by atomic mass is 10.1. The maximum absolute atomic E-state index is 13.6. The number of aryl methyl sites for hydroxylation is 1. The number of hydrogen-bond acceptors (Lipinski definition) is 2. The van der Waals surface area contributed by atoms with Gasteiger partial charge in [-0.2, -0.15) is 0 Å². The van der Waals surface area contributed by atoms with Gasteiger partial charge >= 0.3 is 0 Å². The zero-order valence-corrected chi connectivity index (χ0v) is 12.1. The van der Waals surface area contributed by atoms with Crippen molar-refractivity contribution in [3.05, 3.63) is 65.5 Å². The summed E-state index contributed by atoms with van der Waals surface area (Å²) in [7, 11) is 1.69. The van der Waals surface area contributed by atoms with E-state index in [1.807, 2.05) is 24.3 Å². The average Bonchev–Trinajstić information content (AvgIpc) is 2.47. The molecule has 0 aliphatic carbocycles. The summed E-state index contributed by atoms with van der Waals surface area (Å²) in [6, 6.07) is 14.0. The Morgan fingerprint density at radius 2 is 1.95 bits per heavy atom. The van der Waals surface area contributed by atoms with Gasteiger partial charge in [0.05, 0.1) is 0 Å². The molecule has 0 spiro atoms. The van der Waals surface area contributed by atoms with Crippen LogP contribution in [-0.4, -0.2) is 17.9 Å². The second-order valence-electron chi connectivity index (χ2n) is 5.09. The van der Waals surface area contributed by atoms with Crippen molar-refractivity contribution in [2.45, 2.75) is 19.4 Å². The first-order valence-corrected chi connectivity index (χ1v) is 6.88. The van der Waals surface area contributed by atoms with Crippen molar-refractivity contribution in [1.29, 1.82) is 0 Å². The summed E-state index contributed by atoms with van der Waals surface area (Å²) in [5.41, 5.74) is 7.96. The second kappa shape index (κ2) is 6.88. The van der Waals surface area contributed by atoms with Crippen molar-refractivity contribution in [3.8, 4) is 0 Å². The van der Waals surface area contributed by atoms with Crippen molar-refractivity contribution < 1.29 is 9.18 Å². The minimum absolute atomic E-state index is 0.0133. The van der Waals surface area contributed by atoms with Gasteiger partial charge < -0.3 is 10.6 Å². The lowest BCUT2D eigenvalue weighted by Gasteiger charge is -2.17. The van der Waals surface area contributed by atoms with Crippen LogP contribution in [0.3, 0.4) is 0 Å². The minimum atomic E-state index is -0.284. The molecule has 0 aromatic heterocycles. The number of rotatable bonds is 5. The summed E-state index contributed by atoms with van der Waals surface area (Å²) >= 11 is 0. The number of nitrogen functional groups attached to an aromatic ring is 1. The van der Waals surface area contributed by atoms with Crippen LogP contribution in [0.15, 0.2) is 48.5 Å². The molecular formula is C17H19FN2O. The number of nitrogens with zero attached hydrogens (tertiary/aromatic N) is 1. The zero-order valence-electron chi connectivity index (χ0n) is 12.1. The summed E-state index contributed by atoms with van der Waals surface area (Å²) in [4.78, 5) is 13.6. The van der Waals surface area contributed by atoms with E-state index in [9.17, 15) is 9.18 Å². The van der Waals surface area contributed by atoms with Crippen molar-refractivity contribution in [2.75, 3.05) is 12.8 Å². The molecule has 21 heavy (non-hydrogen) atoms. The Kier molecular flexibility index (Phi) is 4.93. The van der Waals surface area contributed by atoms with Crippen LogP contribution in [0.25, 0.3) is 0 Å². The minimum Gasteiger partial charge on any atom is -0.399 e. The number of amides is 1. The summed E-state index contributed by atoms with van der Waals surface area (Å²) in [5.74, 6) is -0.298. The molecule has 0 heterocycles. The molecule has 0 aliphatic rings. The SMILES string of the molecule is CN(Cc1ccccc1F)C(=O)CCc1cccc(N)c1. The Hall–Kier alpha value is -2.36. The number of anilines is 1. The molecule has 0 unspecified atom stereocenters. The largest absolute Gasteiger partial charge is 0.399 e. The van der Waals surface area contributed by atoms with Crippen LogP contribution in [0.4, 0.5) is 10.1 Å². The van der Waals surface area contributed by atoms with Crippen molar-refractivity contribution in [1.82, 2.24) is 4.90 Å². The summed E-state index contributed by atoms with van der Waals surface area (Å²) < 4.78 is 13.6. The van der Waals surface area contributed by atoms with Crippen LogP contribution in [0.2, 0.25) is 0 Å². The molecule has 0 atom stereocenters. The molecule has 0 radical (unpaired) electrons. The van der Waals surface area contributed by atoms with Gasteiger partial charge in [-0.3, -0.25) is 4.79 Å². The lowest BCUT2D eigenvalue weighted by Crippen LogP contribution is -2.26. The van der Waals surface area contributed by atoms with E-state index < -0.39 is 0 Å². The number of halogens is 1. The zero-order chi connectivity index (χ0) is 15.2. The predicted octanol–water partition coefficient (Wildman–Crippen LogP) is 3.00. The number of benzene rings is 2. The third-order valence-electron chi connectivity index (χ3n) is 3.37. The highest BCUT2D eigenvalue weighted by atomic mass is 19.1. The van der Waals surface area contributed by atoms with Gasteiger partial charge in [-0.05, 0) is 30.2 Å². The lowest BCUT2D eigenvalue weighted by molar-refractivity contribution is -0.130. The maximum Gasteiger partial charge on any atom is 0.222 e. The van der Waals surface area contributed by atoms with E-state index in [1.165, 1.54) is 6.07 Å². The molecule has 110 valence electrons. The quantitative estimate of drug-likeness (QED) is 0.859. The third-order valence-corrected chi connectivity index (χ3v) is 3.37. The topological polar surface area (TPSA) is 46.3 Å². The van der Waals surface area contributed by atoms with Crippen LogP contribution in [-0.2, 0) is 17.8 Å². The molecule has 0 saturated heterocycles. The van der Waals surface area contributed by atoms with E-state index in [4.69, 9.17) is 5.73 Å². The Labute approximate surface area is 124 Å². The molecule has 1 amide bonds. The maximum atomic E-state index is 13.6. The monoisotopic (exact) mass is 286 g/mol. The fraction of sp³-hybridized carbons (Fsp3) is 0.235. The molecule has 2 aromatic rings. The second-order valence-corrected chi connectivity index (χ2v) is 5.09. The van der Waals surface area contributed by atoms with Crippen LogP contribution >= 0.6 is 0 Å². The van der Waals surface area contributed by atoms with Crippen LogP contribution in [0, 0.1) is 5.82 Å². The first kappa shape index (κ1) is 15.0. The van der Waals surface area contributed by atoms with Gasteiger partial charge in [-0.15, -0.1) is 0 Å². The standard InChI is InChI=1S/C17H19FN2O/c1-20(12-14-6-2-3-8-16(14)18)17(21)10-9-13-5-4-7-15(19)11-13/h2-8,11H,9-10,12,19H2,1H3. The molecule has 2 N–H and O–H groups in total. The van der Waals surface area contributed by atoms with Crippen molar-refractivity contribution >= 4 is 11.6 Å².